The fourth-order valence-electron chi connectivity index (χ4n) is 3.40. The topological polar surface area (TPSA) is 112 Å². The average Bonchev–Trinajstić information content (AvgIpc) is 2.79. The van der Waals surface area contributed by atoms with Gasteiger partial charge in [0.1, 0.15) is 24.7 Å². The molecule has 3 amide bonds. The highest BCUT2D eigenvalue weighted by molar-refractivity contribution is 5.99. The van der Waals surface area contributed by atoms with Crippen LogP contribution in [0.3, 0.4) is 0 Å². The number of carbonyl (C=O) groups excluding carboxylic acids is 3. The smallest absolute Gasteiger partial charge is 0.408 e. The van der Waals surface area contributed by atoms with Crippen LogP contribution in [0.2, 0.25) is 0 Å². The Morgan fingerprint density at radius 1 is 1.09 bits per heavy atom. The van der Waals surface area contributed by atoms with E-state index in [0.717, 1.165) is 16.0 Å². The molecule has 35 heavy (non-hydrogen) atoms. The number of hydrogen-bond donors (Lipinski definition) is 2. The van der Waals surface area contributed by atoms with Gasteiger partial charge in [0.2, 0.25) is 5.91 Å². The summed E-state index contributed by atoms with van der Waals surface area (Å²) in [5.41, 5.74) is 2.65. The zero-order valence-electron chi connectivity index (χ0n) is 20.6. The standard InChI is InChI=1S/C27H30N4O4/c1-7-20-11-13-21(14-12-20)24(25(33)30-23-18(2)9-8-10-19(23)3)31(16-15-28)22(32)17-29-26(34)35-27(4,5)6/h1,8-14,24H,16-17H2,2-6H3,(H,29,34)(H,30,33). The number of rotatable bonds is 7. The van der Waals surface area contributed by atoms with Gasteiger partial charge < -0.3 is 20.3 Å². The Morgan fingerprint density at radius 2 is 1.69 bits per heavy atom. The molecule has 0 aliphatic heterocycles. The van der Waals surface area contributed by atoms with Crippen LogP contribution in [0.4, 0.5) is 10.5 Å². The lowest BCUT2D eigenvalue weighted by Crippen LogP contribution is -2.46. The molecule has 0 saturated carbocycles. The van der Waals surface area contributed by atoms with Crippen molar-refractivity contribution in [2.45, 2.75) is 46.3 Å². The van der Waals surface area contributed by atoms with Crippen molar-refractivity contribution in [2.75, 3.05) is 18.4 Å². The second-order valence-corrected chi connectivity index (χ2v) is 8.96. The number of para-hydroxylation sites is 1. The van der Waals surface area contributed by atoms with Crippen LogP contribution in [-0.4, -0.2) is 41.5 Å². The van der Waals surface area contributed by atoms with E-state index in [-0.39, 0.29) is 6.54 Å². The van der Waals surface area contributed by atoms with Crippen molar-refractivity contribution in [3.63, 3.8) is 0 Å². The first-order valence-corrected chi connectivity index (χ1v) is 11.0. The number of benzene rings is 2. The van der Waals surface area contributed by atoms with Gasteiger partial charge in [-0.05, 0) is 63.4 Å². The van der Waals surface area contributed by atoms with Crippen LogP contribution < -0.4 is 10.6 Å². The largest absolute Gasteiger partial charge is 0.444 e. The summed E-state index contributed by atoms with van der Waals surface area (Å²) in [4.78, 5) is 39.8. The summed E-state index contributed by atoms with van der Waals surface area (Å²) in [5.74, 6) is 1.38. The summed E-state index contributed by atoms with van der Waals surface area (Å²) in [7, 11) is 0. The number of nitrogens with one attached hydrogen (secondary N) is 2. The van der Waals surface area contributed by atoms with Crippen LogP contribution in [0.15, 0.2) is 42.5 Å². The monoisotopic (exact) mass is 474 g/mol. The Labute approximate surface area is 206 Å². The van der Waals surface area contributed by atoms with Gasteiger partial charge in [-0.3, -0.25) is 9.59 Å². The third-order valence-electron chi connectivity index (χ3n) is 5.03. The summed E-state index contributed by atoms with van der Waals surface area (Å²) in [6, 6.07) is 13.0. The minimum atomic E-state index is -1.14. The molecule has 8 nitrogen and oxygen atoms in total. The van der Waals surface area contributed by atoms with Crippen LogP contribution in [0.1, 0.15) is 49.1 Å². The molecule has 0 saturated heterocycles. The van der Waals surface area contributed by atoms with E-state index in [9.17, 15) is 19.6 Å². The minimum absolute atomic E-state index is 0.378. The van der Waals surface area contributed by atoms with E-state index in [1.807, 2.05) is 38.1 Å². The summed E-state index contributed by atoms with van der Waals surface area (Å²) < 4.78 is 5.17. The molecule has 2 aromatic rings. The lowest BCUT2D eigenvalue weighted by Gasteiger charge is -2.30. The normalized spacial score (nSPS) is 11.4. The SMILES string of the molecule is C#Cc1ccc(C(C(=O)Nc2c(C)cccc2C)N(CC#N)C(=O)CNC(=O)OC(C)(C)C)cc1. The maximum absolute atomic E-state index is 13.6. The molecule has 1 atom stereocenters. The Morgan fingerprint density at radius 3 is 2.20 bits per heavy atom. The van der Waals surface area contributed by atoms with E-state index < -0.39 is 36.1 Å². The van der Waals surface area contributed by atoms with E-state index in [2.05, 4.69) is 16.6 Å². The van der Waals surface area contributed by atoms with E-state index in [1.165, 1.54) is 0 Å². The van der Waals surface area contributed by atoms with Crippen LogP contribution in [0.25, 0.3) is 0 Å². The number of terminal acetylenes is 1. The van der Waals surface area contributed by atoms with Gasteiger partial charge in [-0.2, -0.15) is 5.26 Å². The lowest BCUT2D eigenvalue weighted by molar-refractivity contribution is -0.137. The summed E-state index contributed by atoms with van der Waals surface area (Å²) in [5, 5.41) is 14.7. The molecule has 0 aliphatic rings. The van der Waals surface area contributed by atoms with E-state index in [4.69, 9.17) is 11.2 Å². The number of carbonyl (C=O) groups is 3. The maximum atomic E-state index is 13.6. The first-order chi connectivity index (χ1) is 16.5. The van der Waals surface area contributed by atoms with Crippen molar-refractivity contribution in [3.05, 3.63) is 64.7 Å². The molecule has 0 aromatic heterocycles. The van der Waals surface area contributed by atoms with Gasteiger partial charge >= 0.3 is 6.09 Å². The van der Waals surface area contributed by atoms with Crippen molar-refractivity contribution in [3.8, 4) is 18.4 Å². The molecular weight excluding hydrogens is 444 g/mol. The Balaban J connectivity index is 2.40. The first-order valence-electron chi connectivity index (χ1n) is 11.0. The van der Waals surface area contributed by atoms with Crippen molar-refractivity contribution >= 4 is 23.6 Å². The molecule has 0 radical (unpaired) electrons. The second kappa shape index (κ2) is 11.7. The summed E-state index contributed by atoms with van der Waals surface area (Å²) >= 11 is 0. The average molecular weight is 475 g/mol. The predicted octanol–water partition coefficient (Wildman–Crippen LogP) is 3.84. The van der Waals surface area contributed by atoms with Gasteiger partial charge in [-0.1, -0.05) is 36.3 Å². The number of alkyl carbamates (subject to hydrolysis) is 1. The fraction of sp³-hybridized carbons (Fsp3) is 0.333. The van der Waals surface area contributed by atoms with Gasteiger partial charge in [0.05, 0.1) is 6.07 Å². The Bertz CT molecular complexity index is 1150. The van der Waals surface area contributed by atoms with Crippen LogP contribution in [-0.2, 0) is 14.3 Å². The molecule has 0 fully saturated rings. The van der Waals surface area contributed by atoms with Gasteiger partial charge in [0.25, 0.3) is 5.91 Å². The molecule has 0 bridgehead atoms. The fourth-order valence-corrected chi connectivity index (χ4v) is 3.40. The zero-order valence-corrected chi connectivity index (χ0v) is 20.6. The molecule has 0 spiro atoms. The number of anilines is 1. The third kappa shape index (κ3) is 7.62. The lowest BCUT2D eigenvalue weighted by atomic mass is 10.0. The molecule has 2 N–H and O–H groups in total. The van der Waals surface area contributed by atoms with Gasteiger partial charge in [0.15, 0.2) is 0 Å². The van der Waals surface area contributed by atoms with Crippen LogP contribution >= 0.6 is 0 Å². The van der Waals surface area contributed by atoms with Crippen molar-refractivity contribution in [2.24, 2.45) is 0 Å². The molecule has 2 aromatic carbocycles. The molecule has 8 heteroatoms. The maximum Gasteiger partial charge on any atom is 0.408 e. The first kappa shape index (κ1) is 26.9. The second-order valence-electron chi connectivity index (χ2n) is 8.96. The van der Waals surface area contributed by atoms with Gasteiger partial charge in [-0.15, -0.1) is 6.42 Å². The minimum Gasteiger partial charge on any atom is -0.444 e. The van der Waals surface area contributed by atoms with Crippen LogP contribution in [0.5, 0.6) is 0 Å². The van der Waals surface area contributed by atoms with Gasteiger partial charge in [0, 0.05) is 11.3 Å². The molecule has 0 heterocycles. The summed E-state index contributed by atoms with van der Waals surface area (Å²) in [6.07, 6.45) is 4.67. The number of hydrogen-bond acceptors (Lipinski definition) is 5. The van der Waals surface area contributed by atoms with Crippen molar-refractivity contribution in [1.82, 2.24) is 10.2 Å². The molecule has 2 rings (SSSR count). The number of amides is 3. The van der Waals surface area contributed by atoms with E-state index in [1.54, 1.807) is 45.0 Å². The number of ether oxygens (including phenoxy) is 1. The van der Waals surface area contributed by atoms with E-state index >= 15 is 0 Å². The summed E-state index contributed by atoms with van der Waals surface area (Å²) in [6.45, 7) is 7.99. The predicted molar refractivity (Wildman–Crippen MR) is 133 cm³/mol. The third-order valence-corrected chi connectivity index (χ3v) is 5.03. The molecule has 1 unspecified atom stereocenters. The van der Waals surface area contributed by atoms with Gasteiger partial charge in [-0.25, -0.2) is 4.79 Å². The number of aryl methyl sites for hydroxylation is 2. The highest BCUT2D eigenvalue weighted by atomic mass is 16.6. The molecule has 0 aliphatic carbocycles. The quantitative estimate of drug-likeness (QED) is 0.468. The molecular formula is C27H30N4O4. The van der Waals surface area contributed by atoms with E-state index in [0.29, 0.717) is 16.8 Å². The highest BCUT2D eigenvalue weighted by Gasteiger charge is 2.32. The van der Waals surface area contributed by atoms with Crippen LogP contribution in [0, 0.1) is 37.5 Å². The number of nitriles is 1. The molecule has 182 valence electrons. The Kier molecular flexibility index (Phi) is 9.02. The van der Waals surface area contributed by atoms with Crippen molar-refractivity contribution < 1.29 is 19.1 Å². The number of nitrogens with zero attached hydrogens (tertiary/aromatic N) is 2. The zero-order chi connectivity index (χ0) is 26.2. The Hall–Kier alpha value is -4.30. The highest BCUT2D eigenvalue weighted by Crippen LogP contribution is 2.26. The van der Waals surface area contributed by atoms with Crippen molar-refractivity contribution in [1.29, 1.82) is 5.26 Å².